The minimum atomic E-state index is -0.107. The van der Waals surface area contributed by atoms with Crippen LogP contribution in [-0.2, 0) is 0 Å². The molecule has 13 heavy (non-hydrogen) atoms. The molecule has 0 fully saturated rings. The maximum Gasteiger partial charge on any atom is 0.232 e. The lowest BCUT2D eigenvalue weighted by Crippen LogP contribution is -2.13. The van der Waals surface area contributed by atoms with E-state index in [2.05, 4.69) is 4.98 Å². The molecule has 0 bridgehead atoms. The molecule has 6 heteroatoms. The first-order valence-electron chi connectivity index (χ1n) is 3.20. The third-order valence-electron chi connectivity index (χ3n) is 1.28. The van der Waals surface area contributed by atoms with Crippen molar-refractivity contribution in [1.82, 2.24) is 4.98 Å². The topological polar surface area (TPSA) is 72.0 Å². The summed E-state index contributed by atoms with van der Waals surface area (Å²) < 4.78 is 4.84. The van der Waals surface area contributed by atoms with Crippen molar-refractivity contribution in [3.63, 3.8) is 0 Å². The number of halogens is 2. The van der Waals surface area contributed by atoms with Crippen molar-refractivity contribution in [3.05, 3.63) is 22.8 Å². The van der Waals surface area contributed by atoms with E-state index in [1.54, 1.807) is 12.1 Å². The summed E-state index contributed by atoms with van der Waals surface area (Å²) in [6.45, 7) is 0. The lowest BCUT2D eigenvalue weighted by molar-refractivity contribution is 0.398. The van der Waals surface area contributed by atoms with Gasteiger partial charge < -0.3 is 10.5 Å². The Hall–Kier alpha value is -1.000. The predicted molar refractivity (Wildman–Crippen MR) is 54.1 cm³/mol. The molecule has 0 radical (unpaired) electrons. The summed E-state index contributed by atoms with van der Waals surface area (Å²) in [5.41, 5.74) is 5.57. The average molecular weight is 222 g/mol. The van der Waals surface area contributed by atoms with E-state index in [4.69, 9.17) is 27.5 Å². The summed E-state index contributed by atoms with van der Waals surface area (Å²) in [4.78, 5) is 3.89. The SMILES string of the molecule is COc1nc(C(=N)N)ccc1Cl.Cl. The van der Waals surface area contributed by atoms with Gasteiger partial charge in [0.1, 0.15) is 16.6 Å². The Bertz CT molecular complexity index is 317. The number of hydrogen-bond acceptors (Lipinski definition) is 3. The van der Waals surface area contributed by atoms with Gasteiger partial charge in [0.25, 0.3) is 0 Å². The largest absolute Gasteiger partial charge is 0.480 e. The number of methoxy groups -OCH3 is 1. The van der Waals surface area contributed by atoms with Crippen molar-refractivity contribution in [1.29, 1.82) is 5.41 Å². The van der Waals surface area contributed by atoms with Crippen LogP contribution in [0, 0.1) is 5.41 Å². The highest BCUT2D eigenvalue weighted by Gasteiger charge is 2.04. The average Bonchev–Trinajstić information content (AvgIpc) is 2.05. The molecule has 0 saturated heterocycles. The van der Waals surface area contributed by atoms with Crippen LogP contribution in [0.25, 0.3) is 0 Å². The predicted octanol–water partition coefficient (Wildman–Crippen LogP) is 1.45. The lowest BCUT2D eigenvalue weighted by atomic mass is 10.3. The number of nitrogen functional groups attached to an aromatic ring is 1. The lowest BCUT2D eigenvalue weighted by Gasteiger charge is -2.02. The molecule has 0 aliphatic heterocycles. The second kappa shape index (κ2) is 4.89. The minimum absolute atomic E-state index is 0. The molecule has 4 nitrogen and oxygen atoms in total. The van der Waals surface area contributed by atoms with Crippen LogP contribution in [0.5, 0.6) is 5.88 Å². The van der Waals surface area contributed by atoms with E-state index in [-0.39, 0.29) is 24.1 Å². The zero-order valence-corrected chi connectivity index (χ0v) is 8.45. The van der Waals surface area contributed by atoms with E-state index in [1.165, 1.54) is 7.11 Å². The first-order valence-corrected chi connectivity index (χ1v) is 3.58. The number of aromatic nitrogens is 1. The highest BCUT2D eigenvalue weighted by atomic mass is 35.5. The number of pyridine rings is 1. The quantitative estimate of drug-likeness (QED) is 0.587. The van der Waals surface area contributed by atoms with E-state index in [0.717, 1.165) is 0 Å². The van der Waals surface area contributed by atoms with Gasteiger partial charge in [0, 0.05) is 0 Å². The molecular formula is C7H9Cl2N3O. The van der Waals surface area contributed by atoms with Crippen molar-refractivity contribution >= 4 is 29.8 Å². The molecule has 1 rings (SSSR count). The Morgan fingerprint density at radius 1 is 1.62 bits per heavy atom. The molecule has 0 unspecified atom stereocenters. The third-order valence-corrected chi connectivity index (χ3v) is 1.57. The number of ether oxygens (including phenoxy) is 1. The van der Waals surface area contributed by atoms with Crippen LogP contribution in [0.4, 0.5) is 0 Å². The third kappa shape index (κ3) is 2.75. The summed E-state index contributed by atoms with van der Waals surface area (Å²) in [6.07, 6.45) is 0. The number of nitrogens with one attached hydrogen (secondary N) is 1. The molecule has 0 saturated carbocycles. The van der Waals surface area contributed by atoms with Gasteiger partial charge in [-0.2, -0.15) is 0 Å². The summed E-state index contributed by atoms with van der Waals surface area (Å²) in [6, 6.07) is 3.15. The second-order valence-corrected chi connectivity index (χ2v) is 2.51. The molecule has 1 aromatic rings. The zero-order valence-electron chi connectivity index (χ0n) is 6.87. The normalized spacial score (nSPS) is 8.77. The van der Waals surface area contributed by atoms with Crippen LogP contribution in [0.1, 0.15) is 5.69 Å². The molecule has 0 aliphatic rings. The number of nitrogens with zero attached hydrogens (tertiary/aromatic N) is 1. The second-order valence-electron chi connectivity index (χ2n) is 2.10. The fourth-order valence-corrected chi connectivity index (χ4v) is 0.899. The maximum absolute atomic E-state index is 7.09. The van der Waals surface area contributed by atoms with Gasteiger partial charge in [0.15, 0.2) is 0 Å². The van der Waals surface area contributed by atoms with Crippen molar-refractivity contribution in [2.45, 2.75) is 0 Å². The van der Waals surface area contributed by atoms with E-state index in [0.29, 0.717) is 10.7 Å². The minimum Gasteiger partial charge on any atom is -0.480 e. The zero-order chi connectivity index (χ0) is 9.14. The highest BCUT2D eigenvalue weighted by molar-refractivity contribution is 6.31. The van der Waals surface area contributed by atoms with Crippen LogP contribution in [0.15, 0.2) is 12.1 Å². The molecule has 1 aromatic heterocycles. The Labute approximate surface area is 87.0 Å². The monoisotopic (exact) mass is 221 g/mol. The van der Waals surface area contributed by atoms with Gasteiger partial charge in [-0.05, 0) is 12.1 Å². The molecule has 0 aliphatic carbocycles. The standard InChI is InChI=1S/C7H8ClN3O.ClH/c1-12-7-4(8)2-3-5(11-7)6(9)10;/h2-3H,1H3,(H3,9,10);1H. The molecule has 0 spiro atoms. The molecule has 1 heterocycles. The van der Waals surface area contributed by atoms with Crippen molar-refractivity contribution in [2.24, 2.45) is 5.73 Å². The Morgan fingerprint density at radius 3 is 2.69 bits per heavy atom. The van der Waals surface area contributed by atoms with Gasteiger partial charge in [-0.15, -0.1) is 12.4 Å². The van der Waals surface area contributed by atoms with Gasteiger partial charge >= 0.3 is 0 Å². The van der Waals surface area contributed by atoms with Crippen molar-refractivity contribution < 1.29 is 4.74 Å². The van der Waals surface area contributed by atoms with Crippen LogP contribution < -0.4 is 10.5 Å². The molecule has 72 valence electrons. The Kier molecular flexibility index (Phi) is 4.51. The first kappa shape index (κ1) is 12.0. The van der Waals surface area contributed by atoms with Gasteiger partial charge in [-0.1, -0.05) is 11.6 Å². The van der Waals surface area contributed by atoms with Crippen LogP contribution in [0.2, 0.25) is 5.02 Å². The molecular weight excluding hydrogens is 213 g/mol. The summed E-state index contributed by atoms with van der Waals surface area (Å²) in [5, 5.41) is 7.50. The van der Waals surface area contributed by atoms with Gasteiger partial charge in [0.2, 0.25) is 5.88 Å². The molecule has 0 aromatic carbocycles. The Morgan fingerprint density at radius 2 is 2.23 bits per heavy atom. The van der Waals surface area contributed by atoms with Crippen LogP contribution >= 0.6 is 24.0 Å². The Balaban J connectivity index is 0.00000144. The maximum atomic E-state index is 7.09. The fourth-order valence-electron chi connectivity index (χ4n) is 0.717. The summed E-state index contributed by atoms with van der Waals surface area (Å²) in [7, 11) is 1.46. The first-order chi connectivity index (χ1) is 5.65. The van der Waals surface area contributed by atoms with Gasteiger partial charge in [-0.3, -0.25) is 5.41 Å². The molecule has 0 amide bonds. The van der Waals surface area contributed by atoms with E-state index >= 15 is 0 Å². The molecule has 0 atom stereocenters. The van der Waals surface area contributed by atoms with E-state index in [9.17, 15) is 0 Å². The number of hydrogen-bond donors (Lipinski definition) is 2. The highest BCUT2D eigenvalue weighted by Crippen LogP contribution is 2.20. The number of rotatable bonds is 2. The van der Waals surface area contributed by atoms with E-state index < -0.39 is 0 Å². The van der Waals surface area contributed by atoms with Crippen LogP contribution in [0.3, 0.4) is 0 Å². The summed E-state index contributed by atoms with van der Waals surface area (Å²) in [5.74, 6) is 0.175. The smallest absolute Gasteiger partial charge is 0.232 e. The van der Waals surface area contributed by atoms with Crippen molar-refractivity contribution in [3.8, 4) is 5.88 Å². The van der Waals surface area contributed by atoms with Crippen LogP contribution in [-0.4, -0.2) is 17.9 Å². The number of amidine groups is 1. The fraction of sp³-hybridized carbons (Fsp3) is 0.143. The molecule has 3 N–H and O–H groups in total. The van der Waals surface area contributed by atoms with Crippen molar-refractivity contribution in [2.75, 3.05) is 7.11 Å². The van der Waals surface area contributed by atoms with E-state index in [1.807, 2.05) is 0 Å². The number of nitrogens with two attached hydrogens (primary N) is 1. The van der Waals surface area contributed by atoms with Gasteiger partial charge in [0.05, 0.1) is 7.11 Å². The summed E-state index contributed by atoms with van der Waals surface area (Å²) >= 11 is 5.70. The van der Waals surface area contributed by atoms with Gasteiger partial charge in [-0.25, -0.2) is 4.98 Å².